The second-order valence-corrected chi connectivity index (χ2v) is 5.49. The number of halogens is 3. The number of benzene rings is 2. The van der Waals surface area contributed by atoms with Gasteiger partial charge < -0.3 is 10.1 Å². The Morgan fingerprint density at radius 3 is 2.75 bits per heavy atom. The van der Waals surface area contributed by atoms with Crippen LogP contribution in [0.15, 0.2) is 36.4 Å². The van der Waals surface area contributed by atoms with Gasteiger partial charge in [0, 0.05) is 8.59 Å². The summed E-state index contributed by atoms with van der Waals surface area (Å²) >= 11 is 7.89. The molecule has 3 nitrogen and oxygen atoms in total. The Labute approximate surface area is 134 Å². The molecule has 0 spiro atoms. The Bertz CT molecular complexity index is 664. The second-order valence-electron chi connectivity index (χ2n) is 3.90. The van der Waals surface area contributed by atoms with Crippen LogP contribution in [-0.4, -0.2) is 13.0 Å². The average Bonchev–Trinajstić information content (AvgIpc) is 2.41. The highest BCUT2D eigenvalue weighted by Gasteiger charge is 2.18. The molecule has 0 fully saturated rings. The van der Waals surface area contributed by atoms with Gasteiger partial charge in [0.1, 0.15) is 17.1 Å². The van der Waals surface area contributed by atoms with Crippen LogP contribution in [0.2, 0.25) is 5.02 Å². The number of carbonyl (C=O) groups excluding carboxylic acids is 1. The molecule has 2 aromatic rings. The summed E-state index contributed by atoms with van der Waals surface area (Å²) in [5, 5.41) is 3.21. The van der Waals surface area contributed by atoms with Gasteiger partial charge in [-0.2, -0.15) is 0 Å². The Balaban J connectivity index is 2.33. The summed E-state index contributed by atoms with van der Waals surface area (Å²) in [6, 6.07) is 9.25. The molecule has 0 saturated carbocycles. The first kappa shape index (κ1) is 15.1. The molecule has 0 bridgehead atoms. The Hall–Kier alpha value is -1.34. The van der Waals surface area contributed by atoms with Crippen LogP contribution in [0, 0.1) is 9.39 Å². The van der Waals surface area contributed by atoms with Gasteiger partial charge >= 0.3 is 0 Å². The van der Waals surface area contributed by atoms with Crippen molar-refractivity contribution in [3.05, 3.63) is 56.4 Å². The molecule has 0 saturated heterocycles. The summed E-state index contributed by atoms with van der Waals surface area (Å²) < 4.78 is 19.6. The van der Waals surface area contributed by atoms with Crippen LogP contribution in [0.1, 0.15) is 10.4 Å². The summed E-state index contributed by atoms with van der Waals surface area (Å²) in [5.41, 5.74) is 0.436. The lowest BCUT2D eigenvalue weighted by Crippen LogP contribution is -2.15. The highest BCUT2D eigenvalue weighted by molar-refractivity contribution is 14.1. The zero-order valence-corrected chi connectivity index (χ0v) is 13.3. The molecule has 0 aliphatic heterocycles. The monoisotopic (exact) mass is 405 g/mol. The molecule has 6 heteroatoms. The molecule has 0 unspecified atom stereocenters. The van der Waals surface area contributed by atoms with Gasteiger partial charge in [-0.15, -0.1) is 0 Å². The van der Waals surface area contributed by atoms with E-state index >= 15 is 0 Å². The van der Waals surface area contributed by atoms with Crippen molar-refractivity contribution < 1.29 is 13.9 Å². The molecule has 0 aliphatic rings. The SMILES string of the molecule is COc1cccc(F)c1C(=O)Nc1ccc(Cl)cc1I. The summed E-state index contributed by atoms with van der Waals surface area (Å²) in [4.78, 5) is 12.2. The Morgan fingerprint density at radius 1 is 1.35 bits per heavy atom. The van der Waals surface area contributed by atoms with E-state index in [1.165, 1.54) is 25.3 Å². The van der Waals surface area contributed by atoms with Crippen molar-refractivity contribution in [2.24, 2.45) is 0 Å². The number of amides is 1. The number of methoxy groups -OCH3 is 1. The predicted molar refractivity (Wildman–Crippen MR) is 85.1 cm³/mol. The number of rotatable bonds is 3. The number of hydrogen-bond donors (Lipinski definition) is 1. The number of ether oxygens (including phenoxy) is 1. The number of anilines is 1. The molecule has 1 N–H and O–H groups in total. The molecule has 0 heterocycles. The Kier molecular flexibility index (Phi) is 4.82. The third-order valence-corrected chi connectivity index (χ3v) is 3.73. The first-order chi connectivity index (χ1) is 9.52. The van der Waals surface area contributed by atoms with Crippen molar-refractivity contribution in [1.29, 1.82) is 0 Å². The molecule has 104 valence electrons. The fourth-order valence-corrected chi connectivity index (χ4v) is 2.68. The largest absolute Gasteiger partial charge is 0.496 e. The number of carbonyl (C=O) groups is 1. The van der Waals surface area contributed by atoms with Crippen LogP contribution in [-0.2, 0) is 0 Å². The third kappa shape index (κ3) is 3.21. The molecular formula is C14H10ClFINO2. The highest BCUT2D eigenvalue weighted by Crippen LogP contribution is 2.26. The predicted octanol–water partition coefficient (Wildman–Crippen LogP) is 4.34. The zero-order valence-electron chi connectivity index (χ0n) is 10.4. The van der Waals surface area contributed by atoms with Crippen molar-refractivity contribution in [2.75, 3.05) is 12.4 Å². The summed E-state index contributed by atoms with van der Waals surface area (Å²) in [5.74, 6) is -1.02. The summed E-state index contributed by atoms with van der Waals surface area (Å²) in [6.45, 7) is 0. The maximum absolute atomic E-state index is 13.8. The third-order valence-electron chi connectivity index (χ3n) is 2.60. The van der Waals surface area contributed by atoms with Crippen LogP contribution in [0.25, 0.3) is 0 Å². The minimum absolute atomic E-state index is 0.124. The Morgan fingerprint density at radius 2 is 2.10 bits per heavy atom. The molecule has 2 aromatic carbocycles. The first-order valence-corrected chi connectivity index (χ1v) is 7.07. The molecule has 0 radical (unpaired) electrons. The summed E-state index contributed by atoms with van der Waals surface area (Å²) in [7, 11) is 1.39. The van der Waals surface area contributed by atoms with Gasteiger partial charge in [-0.25, -0.2) is 4.39 Å². The quantitative estimate of drug-likeness (QED) is 0.771. The van der Waals surface area contributed by atoms with Crippen LogP contribution < -0.4 is 10.1 Å². The topological polar surface area (TPSA) is 38.3 Å². The standard InChI is InChI=1S/C14H10ClFINO2/c1-20-12-4-2-3-9(16)13(12)14(19)18-11-6-5-8(15)7-10(11)17/h2-7H,1H3,(H,18,19). The van der Waals surface area contributed by atoms with Gasteiger partial charge in [0.15, 0.2) is 0 Å². The normalized spacial score (nSPS) is 10.2. The first-order valence-electron chi connectivity index (χ1n) is 5.62. The molecular weight excluding hydrogens is 396 g/mol. The van der Waals surface area contributed by atoms with E-state index in [1.807, 2.05) is 22.6 Å². The van der Waals surface area contributed by atoms with Gasteiger partial charge in [0.2, 0.25) is 0 Å². The maximum atomic E-state index is 13.8. The molecule has 2 rings (SSSR count). The van der Waals surface area contributed by atoms with Crippen molar-refractivity contribution in [1.82, 2.24) is 0 Å². The lowest BCUT2D eigenvalue weighted by molar-refractivity contribution is 0.102. The van der Waals surface area contributed by atoms with E-state index in [9.17, 15) is 9.18 Å². The van der Waals surface area contributed by atoms with Crippen LogP contribution >= 0.6 is 34.2 Å². The molecule has 0 aliphatic carbocycles. The summed E-state index contributed by atoms with van der Waals surface area (Å²) in [6.07, 6.45) is 0. The second kappa shape index (κ2) is 6.41. The number of nitrogens with one attached hydrogen (secondary N) is 1. The van der Waals surface area contributed by atoms with Crippen molar-refractivity contribution >= 4 is 45.8 Å². The van der Waals surface area contributed by atoms with E-state index in [2.05, 4.69) is 5.32 Å². The van der Waals surface area contributed by atoms with E-state index in [0.717, 1.165) is 3.57 Å². The minimum Gasteiger partial charge on any atom is -0.496 e. The smallest absolute Gasteiger partial charge is 0.262 e. The van der Waals surface area contributed by atoms with Crippen molar-refractivity contribution in [2.45, 2.75) is 0 Å². The fourth-order valence-electron chi connectivity index (χ4n) is 1.67. The lowest BCUT2D eigenvalue weighted by atomic mass is 10.1. The lowest BCUT2D eigenvalue weighted by Gasteiger charge is -2.11. The maximum Gasteiger partial charge on any atom is 0.262 e. The fraction of sp³-hybridized carbons (Fsp3) is 0.0714. The van der Waals surface area contributed by atoms with Crippen LogP contribution in [0.4, 0.5) is 10.1 Å². The molecule has 1 amide bonds. The van der Waals surface area contributed by atoms with Crippen LogP contribution in [0.3, 0.4) is 0 Å². The van der Waals surface area contributed by atoms with Crippen molar-refractivity contribution in [3.63, 3.8) is 0 Å². The molecule has 20 heavy (non-hydrogen) atoms. The van der Waals surface area contributed by atoms with E-state index < -0.39 is 11.7 Å². The zero-order chi connectivity index (χ0) is 14.7. The van der Waals surface area contributed by atoms with Gasteiger partial charge in [0.05, 0.1) is 12.8 Å². The average molecular weight is 406 g/mol. The van der Waals surface area contributed by atoms with Gasteiger partial charge in [-0.3, -0.25) is 4.79 Å². The van der Waals surface area contributed by atoms with E-state index in [4.69, 9.17) is 16.3 Å². The molecule has 0 atom stereocenters. The van der Waals surface area contributed by atoms with Gasteiger partial charge in [0.25, 0.3) is 5.91 Å². The van der Waals surface area contributed by atoms with E-state index in [1.54, 1.807) is 18.2 Å². The van der Waals surface area contributed by atoms with Crippen molar-refractivity contribution in [3.8, 4) is 5.75 Å². The van der Waals surface area contributed by atoms with Gasteiger partial charge in [-0.1, -0.05) is 17.7 Å². The number of hydrogen-bond acceptors (Lipinski definition) is 2. The van der Waals surface area contributed by atoms with E-state index in [-0.39, 0.29) is 11.3 Å². The van der Waals surface area contributed by atoms with Gasteiger partial charge in [-0.05, 0) is 52.9 Å². The molecule has 0 aromatic heterocycles. The minimum atomic E-state index is -0.633. The van der Waals surface area contributed by atoms with E-state index in [0.29, 0.717) is 10.7 Å². The highest BCUT2D eigenvalue weighted by atomic mass is 127. The van der Waals surface area contributed by atoms with Crippen LogP contribution in [0.5, 0.6) is 5.75 Å².